The van der Waals surface area contributed by atoms with E-state index in [4.69, 9.17) is 0 Å². The van der Waals surface area contributed by atoms with Crippen LogP contribution in [-0.2, 0) is 11.2 Å². The third kappa shape index (κ3) is 5.30. The van der Waals surface area contributed by atoms with Crippen LogP contribution in [0.15, 0.2) is 24.3 Å². The highest BCUT2D eigenvalue weighted by Gasteiger charge is 2.05. The summed E-state index contributed by atoms with van der Waals surface area (Å²) in [7, 11) is 0. The van der Waals surface area contributed by atoms with Gasteiger partial charge in [0, 0.05) is 16.4 Å². The Balaban J connectivity index is 2.37. The molecule has 0 saturated carbocycles. The predicted molar refractivity (Wildman–Crippen MR) is 71.9 cm³/mol. The molecule has 0 aliphatic rings. The number of benzene rings is 1. The van der Waals surface area contributed by atoms with E-state index in [1.807, 2.05) is 0 Å². The molecule has 15 heavy (non-hydrogen) atoms. The summed E-state index contributed by atoms with van der Waals surface area (Å²) in [5.41, 5.74) is 1.26. The van der Waals surface area contributed by atoms with Crippen LogP contribution < -0.4 is 0 Å². The number of hydrogen-bond donors (Lipinski definition) is 0. The number of aryl methyl sites for hydroxylation is 1. The molecule has 0 heterocycles. The lowest BCUT2D eigenvalue weighted by molar-refractivity contribution is -0.119. The molecular formula is C13H17IO. The molecule has 0 fully saturated rings. The highest BCUT2D eigenvalue weighted by molar-refractivity contribution is 14.1. The standard InChI is InChI=1S/C13H17IO/c1-10(2)9-13(15)8-5-11-3-6-12(14)7-4-11/h3-4,6-7,10H,5,8-9H2,1-2H3. The van der Waals surface area contributed by atoms with Crippen LogP contribution in [0.25, 0.3) is 0 Å². The molecule has 0 amide bonds. The van der Waals surface area contributed by atoms with Gasteiger partial charge < -0.3 is 0 Å². The minimum absolute atomic E-state index is 0.378. The average molecular weight is 316 g/mol. The molecule has 0 N–H and O–H groups in total. The van der Waals surface area contributed by atoms with Crippen molar-refractivity contribution in [2.45, 2.75) is 33.1 Å². The molecular weight excluding hydrogens is 299 g/mol. The van der Waals surface area contributed by atoms with Crippen molar-refractivity contribution in [2.24, 2.45) is 5.92 Å². The summed E-state index contributed by atoms with van der Waals surface area (Å²) in [5, 5.41) is 0. The van der Waals surface area contributed by atoms with E-state index in [0.717, 1.165) is 6.42 Å². The Bertz CT molecular complexity index is 314. The fourth-order valence-electron chi connectivity index (χ4n) is 1.49. The number of rotatable bonds is 5. The van der Waals surface area contributed by atoms with E-state index in [1.165, 1.54) is 9.13 Å². The molecule has 0 aliphatic carbocycles. The Kier molecular flexibility index (Phi) is 5.29. The summed E-state index contributed by atoms with van der Waals surface area (Å²) in [6, 6.07) is 8.38. The monoisotopic (exact) mass is 316 g/mol. The second-order valence-electron chi connectivity index (χ2n) is 4.26. The lowest BCUT2D eigenvalue weighted by atomic mass is 10.0. The van der Waals surface area contributed by atoms with Crippen LogP contribution in [0, 0.1) is 9.49 Å². The van der Waals surface area contributed by atoms with Crippen LogP contribution in [0.4, 0.5) is 0 Å². The molecule has 1 aromatic carbocycles. The Morgan fingerprint density at radius 3 is 2.40 bits per heavy atom. The number of ketones is 1. The summed E-state index contributed by atoms with van der Waals surface area (Å²) in [4.78, 5) is 11.5. The second kappa shape index (κ2) is 6.26. The molecule has 0 radical (unpaired) electrons. The van der Waals surface area contributed by atoms with Crippen molar-refractivity contribution in [2.75, 3.05) is 0 Å². The highest BCUT2D eigenvalue weighted by atomic mass is 127. The van der Waals surface area contributed by atoms with Crippen molar-refractivity contribution >= 4 is 28.4 Å². The molecule has 82 valence electrons. The minimum atomic E-state index is 0.378. The van der Waals surface area contributed by atoms with Gasteiger partial charge in [-0.05, 0) is 52.6 Å². The number of halogens is 1. The zero-order valence-corrected chi connectivity index (χ0v) is 11.5. The van der Waals surface area contributed by atoms with Gasteiger partial charge in [0.05, 0.1) is 0 Å². The zero-order chi connectivity index (χ0) is 11.3. The van der Waals surface area contributed by atoms with Crippen LogP contribution >= 0.6 is 22.6 Å². The molecule has 1 nitrogen and oxygen atoms in total. The van der Waals surface area contributed by atoms with Crippen molar-refractivity contribution < 1.29 is 4.79 Å². The Morgan fingerprint density at radius 2 is 1.87 bits per heavy atom. The first-order valence-electron chi connectivity index (χ1n) is 5.34. The zero-order valence-electron chi connectivity index (χ0n) is 9.29. The molecule has 0 bridgehead atoms. The lowest BCUT2D eigenvalue weighted by Crippen LogP contribution is -2.04. The van der Waals surface area contributed by atoms with E-state index in [2.05, 4.69) is 60.7 Å². The molecule has 0 spiro atoms. The second-order valence-corrected chi connectivity index (χ2v) is 5.51. The maximum Gasteiger partial charge on any atom is 0.133 e. The van der Waals surface area contributed by atoms with Gasteiger partial charge in [0.2, 0.25) is 0 Å². The number of carbonyl (C=O) groups is 1. The number of hydrogen-bond acceptors (Lipinski definition) is 1. The van der Waals surface area contributed by atoms with Crippen LogP contribution in [0.3, 0.4) is 0 Å². The van der Waals surface area contributed by atoms with E-state index in [0.29, 0.717) is 24.5 Å². The number of carbonyl (C=O) groups excluding carboxylic acids is 1. The Labute approximate surface area is 105 Å². The molecule has 0 atom stereocenters. The first kappa shape index (κ1) is 12.7. The van der Waals surface area contributed by atoms with Gasteiger partial charge >= 0.3 is 0 Å². The van der Waals surface area contributed by atoms with Gasteiger partial charge in [-0.2, -0.15) is 0 Å². The van der Waals surface area contributed by atoms with E-state index in [9.17, 15) is 4.79 Å². The topological polar surface area (TPSA) is 17.1 Å². The largest absolute Gasteiger partial charge is 0.300 e. The summed E-state index contributed by atoms with van der Waals surface area (Å²) in [6.45, 7) is 4.17. The van der Waals surface area contributed by atoms with Gasteiger partial charge in [0.15, 0.2) is 0 Å². The fraction of sp³-hybridized carbons (Fsp3) is 0.462. The third-order valence-electron chi connectivity index (χ3n) is 2.24. The summed E-state index contributed by atoms with van der Waals surface area (Å²) >= 11 is 2.29. The van der Waals surface area contributed by atoms with Crippen LogP contribution in [0.2, 0.25) is 0 Å². The van der Waals surface area contributed by atoms with Gasteiger partial charge in [-0.1, -0.05) is 26.0 Å². The fourth-order valence-corrected chi connectivity index (χ4v) is 1.85. The van der Waals surface area contributed by atoms with Gasteiger partial charge in [-0.3, -0.25) is 4.79 Å². The molecule has 1 rings (SSSR count). The molecule has 0 aliphatic heterocycles. The third-order valence-corrected chi connectivity index (χ3v) is 2.96. The summed E-state index contributed by atoms with van der Waals surface area (Å²) in [5.74, 6) is 0.859. The van der Waals surface area contributed by atoms with Crippen molar-refractivity contribution in [3.8, 4) is 0 Å². The normalized spacial score (nSPS) is 10.7. The van der Waals surface area contributed by atoms with E-state index >= 15 is 0 Å². The van der Waals surface area contributed by atoms with Crippen LogP contribution in [0.1, 0.15) is 32.3 Å². The Hall–Kier alpha value is -0.380. The van der Waals surface area contributed by atoms with Crippen molar-refractivity contribution in [3.63, 3.8) is 0 Å². The van der Waals surface area contributed by atoms with Crippen molar-refractivity contribution in [3.05, 3.63) is 33.4 Å². The van der Waals surface area contributed by atoms with Crippen molar-refractivity contribution in [1.82, 2.24) is 0 Å². The molecule has 2 heteroatoms. The Morgan fingerprint density at radius 1 is 1.27 bits per heavy atom. The minimum Gasteiger partial charge on any atom is -0.300 e. The number of Topliss-reactive ketones (excluding diaryl/α,β-unsaturated/α-hetero) is 1. The van der Waals surface area contributed by atoms with E-state index < -0.39 is 0 Å². The predicted octanol–water partition coefficient (Wildman–Crippen LogP) is 3.84. The van der Waals surface area contributed by atoms with E-state index in [1.54, 1.807) is 0 Å². The first-order chi connectivity index (χ1) is 7.08. The average Bonchev–Trinajstić information content (AvgIpc) is 2.16. The smallest absolute Gasteiger partial charge is 0.133 e. The maximum absolute atomic E-state index is 11.5. The van der Waals surface area contributed by atoms with Crippen LogP contribution in [0.5, 0.6) is 0 Å². The molecule has 1 aromatic rings. The maximum atomic E-state index is 11.5. The SMILES string of the molecule is CC(C)CC(=O)CCc1ccc(I)cc1. The first-order valence-corrected chi connectivity index (χ1v) is 6.42. The molecule has 0 aromatic heterocycles. The quantitative estimate of drug-likeness (QED) is 0.754. The lowest BCUT2D eigenvalue weighted by Gasteiger charge is -2.04. The highest BCUT2D eigenvalue weighted by Crippen LogP contribution is 2.10. The van der Waals surface area contributed by atoms with E-state index in [-0.39, 0.29) is 0 Å². The molecule has 0 saturated heterocycles. The summed E-state index contributed by atoms with van der Waals surface area (Å²) < 4.78 is 1.24. The summed E-state index contributed by atoms with van der Waals surface area (Å²) in [6.07, 6.45) is 2.27. The van der Waals surface area contributed by atoms with Crippen molar-refractivity contribution in [1.29, 1.82) is 0 Å². The van der Waals surface area contributed by atoms with Gasteiger partial charge in [-0.15, -0.1) is 0 Å². The van der Waals surface area contributed by atoms with Gasteiger partial charge in [0.25, 0.3) is 0 Å². The van der Waals surface area contributed by atoms with Gasteiger partial charge in [-0.25, -0.2) is 0 Å². The molecule has 0 unspecified atom stereocenters. The van der Waals surface area contributed by atoms with Gasteiger partial charge in [0.1, 0.15) is 5.78 Å². The van der Waals surface area contributed by atoms with Crippen LogP contribution in [-0.4, -0.2) is 5.78 Å².